The van der Waals surface area contributed by atoms with Crippen molar-refractivity contribution in [3.8, 4) is 11.5 Å². The van der Waals surface area contributed by atoms with Gasteiger partial charge in [0.2, 0.25) is 0 Å². The molecule has 1 aromatic heterocycles. The molecule has 0 aliphatic carbocycles. The van der Waals surface area contributed by atoms with E-state index in [1.54, 1.807) is 11.0 Å². The summed E-state index contributed by atoms with van der Waals surface area (Å²) in [4.78, 5) is 22.6. The Morgan fingerprint density at radius 2 is 1.92 bits per heavy atom. The third-order valence-corrected chi connectivity index (χ3v) is 6.55. The van der Waals surface area contributed by atoms with Crippen molar-refractivity contribution in [1.29, 1.82) is 0 Å². The van der Waals surface area contributed by atoms with Crippen molar-refractivity contribution in [1.82, 2.24) is 14.9 Å². The number of nitrogens with two attached hydrogens (primary N) is 1. The maximum absolute atomic E-state index is 14.7. The van der Waals surface area contributed by atoms with E-state index in [0.717, 1.165) is 0 Å². The van der Waals surface area contributed by atoms with E-state index in [4.69, 9.17) is 43.1 Å². The van der Waals surface area contributed by atoms with E-state index in [1.807, 2.05) is 20.8 Å². The number of piperidine rings is 1. The fourth-order valence-corrected chi connectivity index (χ4v) is 4.29. The van der Waals surface area contributed by atoms with Gasteiger partial charge in [-0.1, -0.05) is 23.2 Å². The number of carbonyl (C=O) groups is 1. The number of rotatable bonds is 5. The molecule has 0 bridgehead atoms. The van der Waals surface area contributed by atoms with Crippen LogP contribution in [-0.2, 0) is 4.74 Å². The van der Waals surface area contributed by atoms with Crippen molar-refractivity contribution in [3.05, 3.63) is 40.4 Å². The maximum atomic E-state index is 14.7. The number of likely N-dealkylation sites (tertiary alicyclic amines) is 1. The van der Waals surface area contributed by atoms with Crippen LogP contribution in [0.1, 0.15) is 33.6 Å². The van der Waals surface area contributed by atoms with Crippen molar-refractivity contribution in [2.24, 2.45) is 0 Å². The molecule has 3 aromatic rings. The molecule has 9 nitrogen and oxygen atoms in total. The van der Waals surface area contributed by atoms with Crippen LogP contribution in [0, 0.1) is 5.82 Å². The predicted octanol–water partition coefficient (Wildman–Crippen LogP) is 6.19. The quantitative estimate of drug-likeness (QED) is 0.285. The molecule has 0 saturated carbocycles. The zero-order valence-corrected chi connectivity index (χ0v) is 22.4. The van der Waals surface area contributed by atoms with Gasteiger partial charge in [0, 0.05) is 32.0 Å². The summed E-state index contributed by atoms with van der Waals surface area (Å²) in [5, 5.41) is 3.24. The van der Waals surface area contributed by atoms with E-state index < -0.39 is 11.4 Å². The number of amides is 1. The molecule has 1 aliphatic rings. The molecule has 198 valence electrons. The topological polar surface area (TPSA) is 112 Å². The number of ether oxygens (including phenoxy) is 3. The SMILES string of the molecule is COc1cc2ncnc(Nc3ccc(Cl)c(Cl)c3F)c2c(N)c1OC1CCN(C(=O)OC(C)(C)C)CC1. The van der Waals surface area contributed by atoms with E-state index in [1.165, 1.54) is 25.6 Å². The van der Waals surface area contributed by atoms with Crippen LogP contribution in [0.25, 0.3) is 10.9 Å². The average Bonchev–Trinajstić information content (AvgIpc) is 2.85. The van der Waals surface area contributed by atoms with E-state index >= 15 is 0 Å². The average molecular weight is 552 g/mol. The van der Waals surface area contributed by atoms with E-state index in [0.29, 0.717) is 48.3 Å². The lowest BCUT2D eigenvalue weighted by molar-refractivity contribution is 0.0125. The normalized spacial score (nSPS) is 14.5. The van der Waals surface area contributed by atoms with Gasteiger partial charge < -0.3 is 30.2 Å². The standard InChI is InChI=1S/C25H28Cl2FN5O4/c1-25(2,3)37-24(34)33-9-7-13(8-10-33)36-22-17(35-4)11-16-18(21(22)29)23(31-12-30-16)32-15-6-5-14(26)19(27)20(15)28/h5-6,11-13H,7-10,29H2,1-4H3,(H,30,31,32). The van der Waals surface area contributed by atoms with Crippen molar-refractivity contribution in [3.63, 3.8) is 0 Å². The highest BCUT2D eigenvalue weighted by Gasteiger charge is 2.29. The fourth-order valence-electron chi connectivity index (χ4n) is 3.98. The van der Waals surface area contributed by atoms with Crippen LogP contribution in [0.2, 0.25) is 10.0 Å². The van der Waals surface area contributed by atoms with Crippen LogP contribution >= 0.6 is 23.2 Å². The summed E-state index contributed by atoms with van der Waals surface area (Å²) < 4.78 is 32.0. The molecule has 1 amide bonds. The molecule has 0 atom stereocenters. The summed E-state index contributed by atoms with van der Waals surface area (Å²) in [6.07, 6.45) is 1.90. The second kappa shape index (κ2) is 10.6. The molecular weight excluding hydrogens is 524 g/mol. The number of anilines is 3. The Bertz CT molecular complexity index is 1330. The Kier molecular flexibility index (Phi) is 7.70. The number of nitrogens with one attached hydrogen (secondary N) is 1. The molecule has 0 unspecified atom stereocenters. The Morgan fingerprint density at radius 1 is 1.22 bits per heavy atom. The summed E-state index contributed by atoms with van der Waals surface area (Å²) in [5.74, 6) is 0.247. The molecule has 3 N–H and O–H groups in total. The number of halogens is 3. The monoisotopic (exact) mass is 551 g/mol. The summed E-state index contributed by atoms with van der Waals surface area (Å²) >= 11 is 11.9. The summed E-state index contributed by atoms with van der Waals surface area (Å²) in [6, 6.07) is 4.60. The molecule has 0 radical (unpaired) electrons. The van der Waals surface area contributed by atoms with Gasteiger partial charge in [0.1, 0.15) is 23.9 Å². The lowest BCUT2D eigenvalue weighted by Crippen LogP contribution is -2.44. The highest BCUT2D eigenvalue weighted by atomic mass is 35.5. The number of methoxy groups -OCH3 is 1. The highest BCUT2D eigenvalue weighted by molar-refractivity contribution is 6.42. The minimum atomic E-state index is -0.721. The third-order valence-electron chi connectivity index (χ3n) is 5.77. The minimum Gasteiger partial charge on any atom is -0.493 e. The van der Waals surface area contributed by atoms with Gasteiger partial charge >= 0.3 is 6.09 Å². The lowest BCUT2D eigenvalue weighted by atomic mass is 10.1. The number of nitrogen functional groups attached to an aromatic ring is 1. The number of aromatic nitrogens is 2. The molecule has 12 heteroatoms. The summed E-state index contributed by atoms with van der Waals surface area (Å²) in [7, 11) is 1.50. The van der Waals surface area contributed by atoms with Crippen LogP contribution in [0.4, 0.5) is 26.4 Å². The Labute approximate surface area is 224 Å². The van der Waals surface area contributed by atoms with Crippen LogP contribution in [-0.4, -0.2) is 52.9 Å². The second-order valence-corrected chi connectivity index (χ2v) is 10.4. The first-order valence-electron chi connectivity index (χ1n) is 11.6. The van der Waals surface area contributed by atoms with E-state index in [2.05, 4.69) is 15.3 Å². The summed E-state index contributed by atoms with van der Waals surface area (Å²) in [5.41, 5.74) is 6.76. The molecular formula is C25H28Cl2FN5O4. The van der Waals surface area contributed by atoms with Gasteiger partial charge in [-0.25, -0.2) is 19.2 Å². The zero-order chi connectivity index (χ0) is 26.9. The number of benzene rings is 2. The van der Waals surface area contributed by atoms with Crippen molar-refractivity contribution in [2.45, 2.75) is 45.3 Å². The number of fused-ring (bicyclic) bond motifs is 1. The first kappa shape index (κ1) is 26.8. The summed E-state index contributed by atoms with van der Waals surface area (Å²) in [6.45, 7) is 6.44. The predicted molar refractivity (Wildman–Crippen MR) is 142 cm³/mol. The van der Waals surface area contributed by atoms with Crippen molar-refractivity contribution in [2.75, 3.05) is 31.2 Å². The van der Waals surface area contributed by atoms with Gasteiger partial charge in [0.15, 0.2) is 17.3 Å². The first-order valence-corrected chi connectivity index (χ1v) is 12.4. The number of hydrogen-bond donors (Lipinski definition) is 2. The molecule has 2 aromatic carbocycles. The first-order chi connectivity index (χ1) is 17.5. The highest BCUT2D eigenvalue weighted by Crippen LogP contribution is 2.43. The minimum absolute atomic E-state index is 0.0709. The molecule has 1 saturated heterocycles. The molecule has 0 spiro atoms. The Balaban J connectivity index is 1.60. The maximum Gasteiger partial charge on any atom is 0.410 e. The van der Waals surface area contributed by atoms with Gasteiger partial charge in [-0.2, -0.15) is 0 Å². The number of hydrogen-bond acceptors (Lipinski definition) is 8. The van der Waals surface area contributed by atoms with Gasteiger partial charge in [-0.3, -0.25) is 0 Å². The fraction of sp³-hybridized carbons (Fsp3) is 0.400. The van der Waals surface area contributed by atoms with E-state index in [-0.39, 0.29) is 39.4 Å². The van der Waals surface area contributed by atoms with Crippen LogP contribution < -0.4 is 20.5 Å². The molecule has 2 heterocycles. The van der Waals surface area contributed by atoms with Gasteiger partial charge in [0.25, 0.3) is 0 Å². The lowest BCUT2D eigenvalue weighted by Gasteiger charge is -2.34. The Hall–Kier alpha value is -3.24. The third kappa shape index (κ3) is 5.86. The molecule has 1 aliphatic heterocycles. The number of nitrogens with zero attached hydrogens (tertiary/aromatic N) is 3. The molecule has 37 heavy (non-hydrogen) atoms. The Morgan fingerprint density at radius 3 is 2.57 bits per heavy atom. The van der Waals surface area contributed by atoms with Gasteiger partial charge in [-0.15, -0.1) is 0 Å². The zero-order valence-electron chi connectivity index (χ0n) is 20.9. The largest absolute Gasteiger partial charge is 0.493 e. The van der Waals surface area contributed by atoms with E-state index in [9.17, 15) is 9.18 Å². The van der Waals surface area contributed by atoms with Crippen LogP contribution in [0.5, 0.6) is 11.5 Å². The smallest absolute Gasteiger partial charge is 0.410 e. The molecule has 1 fully saturated rings. The number of carbonyl (C=O) groups excluding carboxylic acids is 1. The van der Waals surface area contributed by atoms with Crippen molar-refractivity contribution < 1.29 is 23.4 Å². The molecule has 4 rings (SSSR count). The van der Waals surface area contributed by atoms with Gasteiger partial charge in [-0.05, 0) is 32.9 Å². The second-order valence-electron chi connectivity index (χ2n) is 9.57. The van der Waals surface area contributed by atoms with Crippen LogP contribution in [0.15, 0.2) is 24.5 Å². The van der Waals surface area contributed by atoms with Crippen LogP contribution in [0.3, 0.4) is 0 Å². The van der Waals surface area contributed by atoms with Gasteiger partial charge in [0.05, 0.1) is 39.4 Å². The van der Waals surface area contributed by atoms with Crippen molar-refractivity contribution >= 4 is 57.4 Å².